The summed E-state index contributed by atoms with van der Waals surface area (Å²) in [5.74, 6) is 0.514. The van der Waals surface area contributed by atoms with E-state index in [1.807, 2.05) is 31.2 Å². The molecule has 164 valence electrons. The van der Waals surface area contributed by atoms with Crippen molar-refractivity contribution in [3.63, 3.8) is 0 Å². The Bertz CT molecular complexity index is 1190. The molecule has 0 N–H and O–H groups in total. The van der Waals surface area contributed by atoms with Gasteiger partial charge in [0.15, 0.2) is 0 Å². The van der Waals surface area contributed by atoms with Gasteiger partial charge in [-0.05, 0) is 56.7 Å². The molecule has 0 amide bonds. The van der Waals surface area contributed by atoms with Gasteiger partial charge in [-0.3, -0.25) is 9.78 Å². The lowest BCUT2D eigenvalue weighted by Crippen LogP contribution is -2.21. The Kier molecular flexibility index (Phi) is 6.07. The van der Waals surface area contributed by atoms with Crippen LogP contribution in [0.15, 0.2) is 52.7 Å². The number of benzene rings is 1. The van der Waals surface area contributed by atoms with E-state index in [1.54, 1.807) is 6.20 Å². The number of methoxy groups -OCH3 is 1. The van der Waals surface area contributed by atoms with Crippen LogP contribution in [0.5, 0.6) is 0 Å². The van der Waals surface area contributed by atoms with Crippen LogP contribution in [0, 0.1) is 6.92 Å². The lowest BCUT2D eigenvalue weighted by molar-refractivity contribution is -0.139. The smallest absolute Gasteiger partial charge is 0.311 e. The Balaban J connectivity index is 1.76. The van der Waals surface area contributed by atoms with Crippen molar-refractivity contribution in [3.05, 3.63) is 54.0 Å². The summed E-state index contributed by atoms with van der Waals surface area (Å²) in [6.07, 6.45) is 1.67. The van der Waals surface area contributed by atoms with Crippen LogP contribution in [-0.2, 0) is 9.53 Å². The molecule has 0 fully saturated rings. The monoisotopic (exact) mass is 431 g/mol. The number of aromatic nitrogens is 4. The zero-order valence-corrected chi connectivity index (χ0v) is 18.6. The van der Waals surface area contributed by atoms with E-state index in [1.165, 1.54) is 11.9 Å². The predicted octanol–water partition coefficient (Wildman–Crippen LogP) is 3.40. The van der Waals surface area contributed by atoms with Crippen LogP contribution < -0.4 is 4.90 Å². The molecule has 0 saturated carbocycles. The summed E-state index contributed by atoms with van der Waals surface area (Å²) in [7, 11) is 1.35. The van der Waals surface area contributed by atoms with Gasteiger partial charge in [0.2, 0.25) is 11.6 Å². The third-order valence-corrected chi connectivity index (χ3v) is 5.27. The summed E-state index contributed by atoms with van der Waals surface area (Å²) >= 11 is 0. The van der Waals surface area contributed by atoms with E-state index in [9.17, 15) is 4.79 Å². The number of aryl methyl sites for hydroxylation is 1. The van der Waals surface area contributed by atoms with E-state index in [-0.39, 0.29) is 6.42 Å². The van der Waals surface area contributed by atoms with Crippen molar-refractivity contribution in [2.45, 2.75) is 27.2 Å². The summed E-state index contributed by atoms with van der Waals surface area (Å²) < 4.78 is 4.83. The topological polar surface area (TPSA) is 97.9 Å². The maximum atomic E-state index is 12.0. The quantitative estimate of drug-likeness (QED) is 0.532. The number of fused-ring (bicyclic) bond motifs is 1. The summed E-state index contributed by atoms with van der Waals surface area (Å²) in [5, 5.41) is 8.89. The van der Waals surface area contributed by atoms with E-state index in [2.05, 4.69) is 51.0 Å². The van der Waals surface area contributed by atoms with Crippen LogP contribution in [0.4, 0.5) is 11.4 Å². The van der Waals surface area contributed by atoms with Crippen LogP contribution >= 0.6 is 0 Å². The normalized spacial score (nSPS) is 13.8. The molecular weight excluding hydrogens is 406 g/mol. The third kappa shape index (κ3) is 4.14. The summed E-state index contributed by atoms with van der Waals surface area (Å²) in [5.41, 5.74) is 4.55. The largest absolute Gasteiger partial charge is 0.469 e. The van der Waals surface area contributed by atoms with Crippen LogP contribution in [0.1, 0.15) is 31.7 Å². The highest BCUT2D eigenvalue weighted by Crippen LogP contribution is 2.27. The number of carbonyl (C=O) groups is 1. The van der Waals surface area contributed by atoms with Crippen molar-refractivity contribution in [2.24, 2.45) is 10.1 Å². The Morgan fingerprint density at radius 1 is 1.19 bits per heavy atom. The maximum absolute atomic E-state index is 12.0. The standard InChI is InChI=1S/C23H25N7O2/c1-5-29(6-2)16-10-11-17(15(3)13-16)25-21-19(14-20(31)32-4)27-30-23(21)26-22(28-30)18-9-7-8-12-24-18/h7-13H,5-6,14H2,1-4H3. The second-order valence-electron chi connectivity index (χ2n) is 7.27. The van der Waals surface area contributed by atoms with E-state index < -0.39 is 5.97 Å². The van der Waals surface area contributed by atoms with Crippen molar-refractivity contribution in [1.29, 1.82) is 0 Å². The number of anilines is 1. The zero-order chi connectivity index (χ0) is 22.7. The molecule has 0 spiro atoms. The SMILES string of the molecule is CCN(CC)c1ccc(N=C2C(CC(=O)OC)=Nn3nc(-c4ccccn4)nc32)c(C)c1. The molecule has 1 aromatic carbocycles. The number of nitrogens with zero attached hydrogens (tertiary/aromatic N) is 7. The number of hydrogen-bond donors (Lipinski definition) is 0. The number of carbonyl (C=O) groups excluding carboxylic acids is 1. The van der Waals surface area contributed by atoms with Gasteiger partial charge in [-0.2, -0.15) is 5.10 Å². The minimum Gasteiger partial charge on any atom is -0.469 e. The molecule has 0 saturated heterocycles. The van der Waals surface area contributed by atoms with Gasteiger partial charge < -0.3 is 9.64 Å². The van der Waals surface area contributed by atoms with Crippen molar-refractivity contribution < 1.29 is 9.53 Å². The first-order valence-electron chi connectivity index (χ1n) is 10.5. The predicted molar refractivity (Wildman–Crippen MR) is 124 cm³/mol. The highest BCUT2D eigenvalue weighted by atomic mass is 16.5. The molecule has 0 radical (unpaired) electrons. The highest BCUT2D eigenvalue weighted by molar-refractivity contribution is 6.51. The molecule has 0 atom stereocenters. The highest BCUT2D eigenvalue weighted by Gasteiger charge is 2.30. The molecule has 0 bridgehead atoms. The Labute approximate surface area is 186 Å². The van der Waals surface area contributed by atoms with Crippen molar-refractivity contribution >= 4 is 28.8 Å². The summed E-state index contributed by atoms with van der Waals surface area (Å²) in [6.45, 7) is 8.14. The third-order valence-electron chi connectivity index (χ3n) is 5.27. The van der Waals surface area contributed by atoms with Gasteiger partial charge in [-0.1, -0.05) is 6.07 Å². The summed E-state index contributed by atoms with van der Waals surface area (Å²) in [6, 6.07) is 11.7. The first kappa shape index (κ1) is 21.4. The van der Waals surface area contributed by atoms with Crippen LogP contribution in [0.2, 0.25) is 0 Å². The van der Waals surface area contributed by atoms with E-state index in [4.69, 9.17) is 9.73 Å². The Hall–Kier alpha value is -3.88. The number of ether oxygens (including phenoxy) is 1. The van der Waals surface area contributed by atoms with E-state index in [0.717, 1.165) is 30.0 Å². The van der Waals surface area contributed by atoms with Crippen LogP contribution in [0.25, 0.3) is 11.5 Å². The fourth-order valence-corrected chi connectivity index (χ4v) is 3.53. The van der Waals surface area contributed by atoms with Gasteiger partial charge in [0.05, 0.1) is 19.2 Å². The molecule has 9 nitrogen and oxygen atoms in total. The minimum atomic E-state index is -0.402. The van der Waals surface area contributed by atoms with Gasteiger partial charge in [0, 0.05) is 25.0 Å². The molecule has 3 aromatic rings. The van der Waals surface area contributed by atoms with Crippen LogP contribution in [-0.4, -0.2) is 57.4 Å². The van der Waals surface area contributed by atoms with Gasteiger partial charge in [0.1, 0.15) is 17.1 Å². The summed E-state index contributed by atoms with van der Waals surface area (Å²) in [4.78, 5) is 29.4. The maximum Gasteiger partial charge on any atom is 0.311 e. The molecule has 0 aliphatic carbocycles. The Morgan fingerprint density at radius 3 is 2.66 bits per heavy atom. The number of esters is 1. The number of aliphatic imine (C=N–C) groups is 1. The van der Waals surface area contributed by atoms with E-state index in [0.29, 0.717) is 28.8 Å². The molecule has 2 aromatic heterocycles. The number of hydrogen-bond acceptors (Lipinski definition) is 8. The lowest BCUT2D eigenvalue weighted by Gasteiger charge is -2.21. The van der Waals surface area contributed by atoms with Gasteiger partial charge >= 0.3 is 5.97 Å². The average molecular weight is 432 g/mol. The molecule has 32 heavy (non-hydrogen) atoms. The second kappa shape index (κ2) is 9.09. The van der Waals surface area contributed by atoms with Crippen molar-refractivity contribution in [2.75, 3.05) is 25.1 Å². The second-order valence-corrected chi connectivity index (χ2v) is 7.27. The lowest BCUT2D eigenvalue weighted by atomic mass is 10.1. The molecule has 0 unspecified atom stereocenters. The average Bonchev–Trinajstić information content (AvgIpc) is 3.35. The van der Waals surface area contributed by atoms with Crippen LogP contribution in [0.3, 0.4) is 0 Å². The first-order chi connectivity index (χ1) is 15.5. The molecule has 3 heterocycles. The molecule has 9 heteroatoms. The van der Waals surface area contributed by atoms with Gasteiger partial charge in [-0.25, -0.2) is 9.98 Å². The Morgan fingerprint density at radius 2 is 2.00 bits per heavy atom. The molecule has 1 aliphatic rings. The van der Waals surface area contributed by atoms with Crippen molar-refractivity contribution in [1.82, 2.24) is 19.9 Å². The number of rotatable bonds is 7. The fourth-order valence-electron chi connectivity index (χ4n) is 3.53. The fraction of sp³-hybridized carbons (Fsp3) is 0.304. The van der Waals surface area contributed by atoms with Gasteiger partial charge in [-0.15, -0.1) is 9.89 Å². The molecule has 1 aliphatic heterocycles. The first-order valence-corrected chi connectivity index (χ1v) is 10.5. The van der Waals surface area contributed by atoms with E-state index >= 15 is 0 Å². The molecule has 4 rings (SSSR count). The van der Waals surface area contributed by atoms with Gasteiger partial charge in [0.25, 0.3) is 0 Å². The molecular formula is C23H25N7O2. The van der Waals surface area contributed by atoms with Crippen molar-refractivity contribution in [3.8, 4) is 11.5 Å². The zero-order valence-electron chi connectivity index (χ0n) is 18.6. The number of pyridine rings is 1. The minimum absolute atomic E-state index is 0.0180.